The summed E-state index contributed by atoms with van der Waals surface area (Å²) in [6, 6.07) is -2.08. The second-order valence-electron chi connectivity index (χ2n) is 22.0. The van der Waals surface area contributed by atoms with Gasteiger partial charge >= 0.3 is 0 Å². The lowest BCUT2D eigenvalue weighted by atomic mass is 9.50. The molecule has 0 bridgehead atoms. The highest BCUT2D eigenvalue weighted by Crippen LogP contribution is 2.67. The third-order valence-corrected chi connectivity index (χ3v) is 16.7. The van der Waals surface area contributed by atoms with Gasteiger partial charge in [-0.05, 0) is 108 Å². The average Bonchev–Trinajstić information content (AvgIpc) is 3.57. The molecule has 7 rings (SSSR count). The second-order valence-corrected chi connectivity index (χ2v) is 22.0. The van der Waals surface area contributed by atoms with E-state index in [0.717, 1.165) is 38.5 Å². The summed E-state index contributed by atoms with van der Waals surface area (Å²) in [5.74, 6) is -0.216. The van der Waals surface area contributed by atoms with Crippen molar-refractivity contribution in [1.29, 1.82) is 0 Å². The van der Waals surface area contributed by atoms with Gasteiger partial charge in [-0.1, -0.05) is 32.4 Å². The molecule has 17 heteroatoms. The van der Waals surface area contributed by atoms with Crippen LogP contribution >= 0.6 is 0 Å². The van der Waals surface area contributed by atoms with E-state index in [1.807, 2.05) is 27.7 Å². The molecule has 0 aromatic rings. The van der Waals surface area contributed by atoms with Gasteiger partial charge in [0, 0.05) is 26.4 Å². The Kier molecular flexibility index (Phi) is 14.5. The summed E-state index contributed by atoms with van der Waals surface area (Å²) in [5, 5.41) is 70.5. The van der Waals surface area contributed by atoms with Crippen molar-refractivity contribution in [1.82, 2.24) is 10.6 Å². The molecule has 4 heterocycles. The van der Waals surface area contributed by atoms with Crippen molar-refractivity contribution in [3.05, 3.63) is 11.6 Å². The molecule has 7 aliphatic rings. The van der Waals surface area contributed by atoms with Crippen molar-refractivity contribution in [3.63, 3.8) is 0 Å². The first-order valence-electron chi connectivity index (χ1n) is 23.6. The van der Waals surface area contributed by atoms with E-state index in [9.17, 15) is 40.2 Å². The fourth-order valence-electron chi connectivity index (χ4n) is 13.4. The van der Waals surface area contributed by atoms with Gasteiger partial charge in [0.25, 0.3) is 0 Å². The van der Waals surface area contributed by atoms with Crippen molar-refractivity contribution < 1.29 is 73.4 Å². The summed E-state index contributed by atoms with van der Waals surface area (Å²) >= 11 is 0. The number of fused-ring (bicyclic) bond motifs is 4. The molecule has 2 amide bonds. The number of carbonyl (C=O) groups is 2. The summed E-state index contributed by atoms with van der Waals surface area (Å²) in [4.78, 5) is 24.2. The van der Waals surface area contributed by atoms with Crippen LogP contribution in [0.3, 0.4) is 0 Å². The van der Waals surface area contributed by atoms with Crippen LogP contribution in [0.5, 0.6) is 0 Å². The summed E-state index contributed by atoms with van der Waals surface area (Å²) in [6.45, 7) is 16.7. The van der Waals surface area contributed by atoms with Crippen LogP contribution < -0.4 is 10.6 Å². The van der Waals surface area contributed by atoms with Gasteiger partial charge in [0.15, 0.2) is 12.6 Å². The average molecular weight is 911 g/mol. The molecule has 8 N–H and O–H groups in total. The maximum atomic E-state index is 12.1. The standard InChI is InChI=1S/C47H78N2O15/c1-23(51)48-34-38(56)36(54)28(21-50)59-41(34)63-44(5,6)32-16-18-46(8)30-13-12-26(47(30,9)20-27(53)40(46)62-32)25-11-14-33-45(7,19-25)17-15-31(61-33)43(3,4)64-42-35(49-24(2)52)39(57)37(55)29(60-42)22-58-10/h19,26-42,50,53-57H,11-18,20-22H2,1-10H3,(H,48,51)(H,49,52)/t26-,27-,28+,29-,30-,31-,32-,33-,34-,35+,36-,37-,38+,39-,40-,41-,42+,45+,46-,47+/m0/s1. The minimum atomic E-state index is -1.43. The zero-order valence-electron chi connectivity index (χ0n) is 39.5. The van der Waals surface area contributed by atoms with Crippen molar-refractivity contribution in [2.45, 2.75) is 223 Å². The molecular weight excluding hydrogens is 833 g/mol. The predicted molar refractivity (Wildman–Crippen MR) is 230 cm³/mol. The van der Waals surface area contributed by atoms with E-state index in [0.29, 0.717) is 31.1 Å². The third-order valence-electron chi connectivity index (χ3n) is 16.7. The number of allylic oxidation sites excluding steroid dienone is 1. The molecule has 64 heavy (non-hydrogen) atoms. The van der Waals surface area contributed by atoms with Gasteiger partial charge in [0.2, 0.25) is 11.8 Å². The van der Waals surface area contributed by atoms with E-state index < -0.39 is 103 Å². The molecule has 17 nitrogen and oxygen atoms in total. The van der Waals surface area contributed by atoms with Crippen LogP contribution in [-0.4, -0.2) is 166 Å². The molecule has 4 aliphatic heterocycles. The first kappa shape index (κ1) is 50.0. The highest BCUT2D eigenvalue weighted by atomic mass is 16.7. The van der Waals surface area contributed by atoms with E-state index in [1.54, 1.807) is 0 Å². The maximum absolute atomic E-state index is 12.1. The number of aliphatic hydroxyl groups excluding tert-OH is 6. The highest BCUT2D eigenvalue weighted by molar-refractivity contribution is 5.73. The molecule has 3 aliphatic carbocycles. The van der Waals surface area contributed by atoms with E-state index in [4.69, 9.17) is 33.2 Å². The first-order chi connectivity index (χ1) is 29.9. The van der Waals surface area contributed by atoms with E-state index in [-0.39, 0.29) is 41.0 Å². The highest BCUT2D eigenvalue weighted by Gasteiger charge is 2.65. The number of hydrogen-bond acceptors (Lipinski definition) is 15. The number of rotatable bonds is 12. The smallest absolute Gasteiger partial charge is 0.217 e. The van der Waals surface area contributed by atoms with E-state index in [1.165, 1.54) is 26.5 Å². The molecule has 0 radical (unpaired) electrons. The fourth-order valence-corrected chi connectivity index (χ4v) is 13.4. The Morgan fingerprint density at radius 2 is 1.28 bits per heavy atom. The van der Waals surface area contributed by atoms with Crippen LogP contribution in [0, 0.1) is 28.1 Å². The lowest BCUT2D eigenvalue weighted by molar-refractivity contribution is -0.325. The molecule has 4 saturated heterocycles. The molecule has 20 atom stereocenters. The summed E-state index contributed by atoms with van der Waals surface area (Å²) in [7, 11) is 1.48. The molecule has 0 aromatic carbocycles. The molecule has 0 spiro atoms. The minimum Gasteiger partial charge on any atom is -0.394 e. The van der Waals surface area contributed by atoms with Gasteiger partial charge in [-0.25, -0.2) is 0 Å². The number of methoxy groups -OCH3 is 1. The van der Waals surface area contributed by atoms with Gasteiger partial charge < -0.3 is 74.4 Å². The normalized spacial score (nSPS) is 47.4. The number of ether oxygens (including phenoxy) is 7. The fraction of sp³-hybridized carbons (Fsp3) is 0.915. The van der Waals surface area contributed by atoms with Crippen molar-refractivity contribution in [2.75, 3.05) is 20.3 Å². The number of amides is 2. The van der Waals surface area contributed by atoms with Crippen LogP contribution in [-0.2, 0) is 42.7 Å². The van der Waals surface area contributed by atoms with Crippen molar-refractivity contribution in [2.24, 2.45) is 28.1 Å². The Balaban J connectivity index is 1.02. The first-order valence-corrected chi connectivity index (χ1v) is 23.6. The molecule has 366 valence electrons. The number of hydrogen-bond donors (Lipinski definition) is 8. The van der Waals surface area contributed by atoms with Crippen molar-refractivity contribution >= 4 is 11.8 Å². The van der Waals surface area contributed by atoms with Gasteiger partial charge in [-0.15, -0.1) is 0 Å². The van der Waals surface area contributed by atoms with Crippen LogP contribution in [0.4, 0.5) is 0 Å². The van der Waals surface area contributed by atoms with Crippen LogP contribution in [0.2, 0.25) is 0 Å². The number of nitrogens with one attached hydrogen (secondary N) is 2. The van der Waals surface area contributed by atoms with Gasteiger partial charge in [-0.3, -0.25) is 9.59 Å². The zero-order valence-corrected chi connectivity index (χ0v) is 39.5. The Morgan fingerprint density at radius 3 is 1.84 bits per heavy atom. The topological polar surface area (TPSA) is 244 Å². The number of aliphatic hydroxyl groups is 6. The predicted octanol–water partition coefficient (Wildman–Crippen LogP) is 1.74. The monoisotopic (exact) mass is 911 g/mol. The van der Waals surface area contributed by atoms with Crippen LogP contribution in [0.15, 0.2) is 11.6 Å². The summed E-state index contributed by atoms with van der Waals surface area (Å²) in [5.41, 5.74) is -1.10. The lowest BCUT2D eigenvalue weighted by Gasteiger charge is -2.61. The molecule has 2 saturated carbocycles. The molecule has 6 fully saturated rings. The Bertz CT molecular complexity index is 1710. The second kappa shape index (κ2) is 18.6. The Labute approximate surface area is 378 Å². The third kappa shape index (κ3) is 9.21. The lowest BCUT2D eigenvalue weighted by Crippen LogP contribution is -2.67. The summed E-state index contributed by atoms with van der Waals surface area (Å²) in [6.07, 6.45) is -1.75. The van der Waals surface area contributed by atoms with E-state index >= 15 is 0 Å². The maximum Gasteiger partial charge on any atom is 0.217 e. The van der Waals surface area contributed by atoms with Crippen LogP contribution in [0.1, 0.15) is 120 Å². The SMILES string of the molecule is COC[C@@H]1O[C@H](OC(C)(C)[C@@H]2CC[C@]3(C)C=C([C@@H]4CC[C@@H]5[C@]4(C)C[C@H](O)[C@@H]4O[C@H](C(C)(C)O[C@@H]6O[C@H](CO)[C@H](O)[C@H](O)[C@@H]6NC(C)=O)CC[C@@]54C)CC[C@@H]3O2)[C@H](NC(C)=O)[C@H](O)[C@H]1O. The van der Waals surface area contributed by atoms with Crippen molar-refractivity contribution in [3.8, 4) is 0 Å². The minimum absolute atomic E-state index is 0.0377. The van der Waals surface area contributed by atoms with Crippen LogP contribution in [0.25, 0.3) is 0 Å². The Morgan fingerprint density at radius 1 is 0.734 bits per heavy atom. The van der Waals surface area contributed by atoms with E-state index in [2.05, 4.69) is 37.5 Å². The quantitative estimate of drug-likeness (QED) is 0.130. The van der Waals surface area contributed by atoms with Gasteiger partial charge in [0.1, 0.15) is 48.7 Å². The Hall–Kier alpha value is -1.84. The molecule has 0 aromatic heterocycles. The summed E-state index contributed by atoms with van der Waals surface area (Å²) < 4.78 is 44.2. The number of carbonyl (C=O) groups excluding carboxylic acids is 2. The molecule has 0 unspecified atom stereocenters. The zero-order chi connectivity index (χ0) is 46.9. The van der Waals surface area contributed by atoms with Gasteiger partial charge in [-0.2, -0.15) is 0 Å². The largest absolute Gasteiger partial charge is 0.394 e. The molecular formula is C47H78N2O15. The van der Waals surface area contributed by atoms with Gasteiger partial charge in [0.05, 0.1) is 54.9 Å².